The summed E-state index contributed by atoms with van der Waals surface area (Å²) < 4.78 is 6.43. The summed E-state index contributed by atoms with van der Waals surface area (Å²) in [6.45, 7) is 3.46. The number of rotatable bonds is 5. The van der Waals surface area contributed by atoms with Gasteiger partial charge in [-0.2, -0.15) is 0 Å². The monoisotopic (exact) mass is 502 g/mol. The van der Waals surface area contributed by atoms with Gasteiger partial charge in [-0.1, -0.05) is 29.8 Å². The van der Waals surface area contributed by atoms with Crippen LogP contribution < -0.4 is 15.5 Å². The van der Waals surface area contributed by atoms with E-state index in [9.17, 15) is 4.79 Å². The second kappa shape index (κ2) is 9.52. The third-order valence-electron chi connectivity index (χ3n) is 6.02. The standard InChI is InChI=1S/C27H23ClN4O2S/c1-16-20(6-5-7-21(16)28)23-13-14-24(34-23)26-25(22-8-3-4-15-29-22)31-27(35)32(26)19-11-9-18(10-12-19)30-17(2)33/h3-15,25-26H,1-2H3,(H,30,33)(H,31,35)/t25-,26-/m0/s1. The first-order valence-electron chi connectivity index (χ1n) is 11.2. The first kappa shape index (κ1) is 23.1. The van der Waals surface area contributed by atoms with Crippen molar-refractivity contribution in [3.8, 4) is 11.3 Å². The maximum absolute atomic E-state index is 11.4. The fourth-order valence-corrected chi connectivity index (χ4v) is 4.88. The second-order valence-corrected chi connectivity index (χ2v) is 9.13. The Labute approximate surface area is 213 Å². The van der Waals surface area contributed by atoms with Crippen molar-refractivity contribution in [1.82, 2.24) is 10.3 Å². The molecule has 8 heteroatoms. The number of nitrogens with zero attached hydrogens (tertiary/aromatic N) is 2. The number of hydrogen-bond acceptors (Lipinski definition) is 4. The van der Waals surface area contributed by atoms with E-state index in [4.69, 9.17) is 28.2 Å². The van der Waals surface area contributed by atoms with Crippen molar-refractivity contribution in [3.63, 3.8) is 0 Å². The highest BCUT2D eigenvalue weighted by molar-refractivity contribution is 7.80. The number of pyridine rings is 1. The van der Waals surface area contributed by atoms with Gasteiger partial charge in [-0.3, -0.25) is 9.78 Å². The average molecular weight is 503 g/mol. The van der Waals surface area contributed by atoms with Crippen LogP contribution in [-0.4, -0.2) is 16.0 Å². The van der Waals surface area contributed by atoms with Gasteiger partial charge >= 0.3 is 0 Å². The van der Waals surface area contributed by atoms with Crippen LogP contribution in [0.4, 0.5) is 11.4 Å². The number of thiocarbonyl (C=S) groups is 1. The lowest BCUT2D eigenvalue weighted by atomic mass is 10.0. The zero-order chi connectivity index (χ0) is 24.5. The van der Waals surface area contributed by atoms with Crippen molar-refractivity contribution < 1.29 is 9.21 Å². The van der Waals surface area contributed by atoms with Gasteiger partial charge in [0.1, 0.15) is 17.6 Å². The van der Waals surface area contributed by atoms with Crippen molar-refractivity contribution in [1.29, 1.82) is 0 Å². The summed E-state index contributed by atoms with van der Waals surface area (Å²) in [5.41, 5.74) is 4.35. The number of nitrogens with one attached hydrogen (secondary N) is 2. The Balaban J connectivity index is 1.57. The number of hydrogen-bond donors (Lipinski definition) is 2. The molecule has 6 nitrogen and oxygen atoms in total. The molecule has 0 aliphatic carbocycles. The predicted octanol–water partition coefficient (Wildman–Crippen LogP) is 6.44. The first-order valence-corrected chi connectivity index (χ1v) is 11.9. The van der Waals surface area contributed by atoms with Gasteiger partial charge in [-0.05, 0) is 79.3 Å². The summed E-state index contributed by atoms with van der Waals surface area (Å²) in [6, 6.07) is 22.6. The Morgan fingerprint density at radius 2 is 1.89 bits per heavy atom. The normalized spacial score (nSPS) is 17.3. The fraction of sp³-hybridized carbons (Fsp3) is 0.148. The molecule has 4 aromatic rings. The number of aromatic nitrogens is 1. The van der Waals surface area contributed by atoms with E-state index in [0.717, 1.165) is 34.0 Å². The third kappa shape index (κ3) is 4.52. The zero-order valence-electron chi connectivity index (χ0n) is 19.2. The molecule has 2 aromatic carbocycles. The maximum Gasteiger partial charge on any atom is 0.221 e. The lowest BCUT2D eigenvalue weighted by Crippen LogP contribution is -2.29. The average Bonchev–Trinajstić information content (AvgIpc) is 3.46. The summed E-state index contributed by atoms with van der Waals surface area (Å²) in [5.74, 6) is 1.36. The van der Waals surface area contributed by atoms with Crippen LogP contribution in [0.25, 0.3) is 11.3 Å². The number of carbonyl (C=O) groups is 1. The summed E-state index contributed by atoms with van der Waals surface area (Å²) in [4.78, 5) is 18.0. The molecule has 1 saturated heterocycles. The van der Waals surface area contributed by atoms with Crippen molar-refractivity contribution in [2.45, 2.75) is 25.9 Å². The van der Waals surface area contributed by atoms with E-state index in [1.165, 1.54) is 6.92 Å². The minimum absolute atomic E-state index is 0.122. The summed E-state index contributed by atoms with van der Waals surface area (Å²) in [5, 5.41) is 7.48. The van der Waals surface area contributed by atoms with E-state index < -0.39 is 0 Å². The van der Waals surface area contributed by atoms with Gasteiger partial charge < -0.3 is 20.0 Å². The molecular formula is C27H23ClN4O2S. The molecule has 2 N–H and O–H groups in total. The molecule has 1 fully saturated rings. The number of benzene rings is 2. The topological polar surface area (TPSA) is 70.4 Å². The van der Waals surface area contributed by atoms with E-state index in [1.54, 1.807) is 6.20 Å². The van der Waals surface area contributed by atoms with E-state index in [0.29, 0.717) is 15.8 Å². The third-order valence-corrected chi connectivity index (χ3v) is 6.74. The van der Waals surface area contributed by atoms with Crippen LogP contribution in [0, 0.1) is 6.92 Å². The highest BCUT2D eigenvalue weighted by Gasteiger charge is 2.42. The van der Waals surface area contributed by atoms with Gasteiger partial charge in [0.05, 0.1) is 11.7 Å². The molecule has 0 spiro atoms. The Hall–Kier alpha value is -3.68. The van der Waals surface area contributed by atoms with Gasteiger partial charge in [0.2, 0.25) is 5.91 Å². The molecule has 1 aliphatic rings. The molecule has 1 aliphatic heterocycles. The maximum atomic E-state index is 11.4. The van der Waals surface area contributed by atoms with Gasteiger partial charge in [0.15, 0.2) is 5.11 Å². The minimum Gasteiger partial charge on any atom is -0.459 e. The Kier molecular flexibility index (Phi) is 6.28. The molecule has 2 atom stereocenters. The molecule has 35 heavy (non-hydrogen) atoms. The predicted molar refractivity (Wildman–Crippen MR) is 143 cm³/mol. The van der Waals surface area contributed by atoms with Crippen LogP contribution >= 0.6 is 23.8 Å². The highest BCUT2D eigenvalue weighted by Crippen LogP contribution is 2.43. The summed E-state index contributed by atoms with van der Waals surface area (Å²) in [6.07, 6.45) is 1.77. The smallest absolute Gasteiger partial charge is 0.221 e. The van der Waals surface area contributed by atoms with E-state index >= 15 is 0 Å². The second-order valence-electron chi connectivity index (χ2n) is 8.34. The zero-order valence-corrected chi connectivity index (χ0v) is 20.7. The SMILES string of the molecule is CC(=O)Nc1ccc(N2C(=S)N[C@@H](c3ccccn3)[C@@H]2c2ccc(-c3cccc(Cl)c3C)o2)cc1. The number of furan rings is 1. The Morgan fingerprint density at radius 1 is 1.09 bits per heavy atom. The van der Waals surface area contributed by atoms with E-state index in [2.05, 4.69) is 15.6 Å². The lowest BCUT2D eigenvalue weighted by molar-refractivity contribution is -0.114. The minimum atomic E-state index is -0.280. The van der Waals surface area contributed by atoms with Gasteiger partial charge in [0.25, 0.3) is 0 Å². The number of carbonyl (C=O) groups excluding carboxylic acids is 1. The Bertz CT molecular complexity index is 1390. The Morgan fingerprint density at radius 3 is 2.60 bits per heavy atom. The van der Waals surface area contributed by atoms with Crippen LogP contribution in [0.15, 0.2) is 83.4 Å². The highest BCUT2D eigenvalue weighted by atomic mass is 35.5. The molecule has 3 heterocycles. The van der Waals surface area contributed by atoms with Gasteiger partial charge in [0, 0.05) is 35.1 Å². The number of amides is 1. The van der Waals surface area contributed by atoms with Gasteiger partial charge in [-0.25, -0.2) is 0 Å². The molecular weight excluding hydrogens is 480 g/mol. The number of halogens is 1. The van der Waals surface area contributed by atoms with E-state index in [1.807, 2.05) is 84.6 Å². The summed E-state index contributed by atoms with van der Waals surface area (Å²) in [7, 11) is 0. The molecule has 176 valence electrons. The largest absolute Gasteiger partial charge is 0.459 e. The van der Waals surface area contributed by atoms with Crippen LogP contribution in [0.2, 0.25) is 5.02 Å². The molecule has 2 aromatic heterocycles. The quantitative estimate of drug-likeness (QED) is 0.306. The van der Waals surface area contributed by atoms with Crippen LogP contribution in [-0.2, 0) is 4.79 Å². The number of anilines is 2. The van der Waals surface area contributed by atoms with Crippen LogP contribution in [0.5, 0.6) is 0 Å². The van der Waals surface area contributed by atoms with Crippen LogP contribution in [0.3, 0.4) is 0 Å². The van der Waals surface area contributed by atoms with Crippen molar-refractivity contribution in [2.75, 3.05) is 10.2 Å². The van der Waals surface area contributed by atoms with Gasteiger partial charge in [-0.15, -0.1) is 0 Å². The molecule has 0 saturated carbocycles. The molecule has 0 bridgehead atoms. The van der Waals surface area contributed by atoms with Crippen molar-refractivity contribution >= 4 is 46.2 Å². The van der Waals surface area contributed by atoms with Crippen LogP contribution in [0.1, 0.15) is 36.0 Å². The molecule has 0 radical (unpaired) electrons. The molecule has 0 unspecified atom stereocenters. The summed E-state index contributed by atoms with van der Waals surface area (Å²) >= 11 is 12.1. The van der Waals surface area contributed by atoms with Crippen molar-refractivity contribution in [2.24, 2.45) is 0 Å². The lowest BCUT2D eigenvalue weighted by Gasteiger charge is -2.26. The molecule has 5 rings (SSSR count). The van der Waals surface area contributed by atoms with E-state index in [-0.39, 0.29) is 18.0 Å². The fourth-order valence-electron chi connectivity index (χ4n) is 4.36. The first-order chi connectivity index (χ1) is 16.9. The van der Waals surface area contributed by atoms with Crippen molar-refractivity contribution in [3.05, 3.63) is 101 Å². The molecule has 1 amide bonds.